The summed E-state index contributed by atoms with van der Waals surface area (Å²) in [4.78, 5) is 0. The summed E-state index contributed by atoms with van der Waals surface area (Å²) in [5.41, 5.74) is 3.95. The molecule has 0 saturated heterocycles. The van der Waals surface area contributed by atoms with Crippen LogP contribution in [0.5, 0.6) is 0 Å². The van der Waals surface area contributed by atoms with Crippen LogP contribution in [0.4, 0.5) is 0 Å². The third-order valence-corrected chi connectivity index (χ3v) is 8.84. The van der Waals surface area contributed by atoms with Crippen LogP contribution in [-0.2, 0) is 0 Å². The first-order valence-corrected chi connectivity index (χ1v) is 13.3. The molecule has 3 rings (SSSR count). The molecule has 0 bridgehead atoms. The van der Waals surface area contributed by atoms with E-state index in [4.69, 9.17) is 0 Å². The molecular weight excluding hydrogens is 396 g/mol. The van der Waals surface area contributed by atoms with Gasteiger partial charge in [-0.15, -0.1) is 0 Å². The minimum absolute atomic E-state index is 0.0876. The first-order chi connectivity index (χ1) is 15.3. The summed E-state index contributed by atoms with van der Waals surface area (Å²) in [7, 11) is 0. The molecule has 182 valence electrons. The molecule has 0 aromatic rings. The van der Waals surface area contributed by atoms with Crippen LogP contribution in [0, 0.1) is 29.1 Å². The van der Waals surface area contributed by atoms with Crippen molar-refractivity contribution in [2.24, 2.45) is 29.1 Å². The maximum atomic E-state index is 10.5. The smallest absolute Gasteiger partial charge is 0.0814 e. The molecule has 3 aliphatic rings. The van der Waals surface area contributed by atoms with Gasteiger partial charge in [-0.25, -0.2) is 0 Å². The second-order valence-electron chi connectivity index (χ2n) is 11.6. The Bertz CT molecular complexity index is 703. The summed E-state index contributed by atoms with van der Waals surface area (Å²) in [5.74, 6) is 3.11. The van der Waals surface area contributed by atoms with Crippen LogP contribution in [0.25, 0.3) is 0 Å². The molecule has 0 aromatic carbocycles. The van der Waals surface area contributed by atoms with E-state index in [2.05, 4.69) is 39.8 Å². The summed E-state index contributed by atoms with van der Waals surface area (Å²) < 4.78 is 0. The maximum Gasteiger partial charge on any atom is 0.0814 e. The molecule has 3 nitrogen and oxygen atoms in total. The van der Waals surface area contributed by atoms with Crippen molar-refractivity contribution in [2.75, 3.05) is 6.61 Å². The van der Waals surface area contributed by atoms with Gasteiger partial charge >= 0.3 is 0 Å². The summed E-state index contributed by atoms with van der Waals surface area (Å²) in [6, 6.07) is 0. The lowest BCUT2D eigenvalue weighted by atomic mass is 9.60. The normalized spacial score (nSPS) is 38.1. The van der Waals surface area contributed by atoms with Gasteiger partial charge < -0.3 is 15.3 Å². The molecule has 3 N–H and O–H groups in total. The van der Waals surface area contributed by atoms with Gasteiger partial charge in [-0.05, 0) is 85.2 Å². The Labute approximate surface area is 196 Å². The molecule has 6 atom stereocenters. The lowest BCUT2D eigenvalue weighted by Crippen LogP contribution is -2.36. The van der Waals surface area contributed by atoms with Crippen molar-refractivity contribution in [3.8, 4) is 0 Å². The zero-order valence-corrected chi connectivity index (χ0v) is 21.0. The van der Waals surface area contributed by atoms with E-state index in [0.29, 0.717) is 30.6 Å². The molecule has 3 heteroatoms. The Kier molecular flexibility index (Phi) is 9.23. The van der Waals surface area contributed by atoms with Crippen LogP contribution in [0.3, 0.4) is 0 Å². The quantitative estimate of drug-likeness (QED) is 0.409. The van der Waals surface area contributed by atoms with Gasteiger partial charge in [0.2, 0.25) is 0 Å². The van der Waals surface area contributed by atoms with E-state index in [9.17, 15) is 15.3 Å². The number of aliphatic hydroxyl groups is 3. The average molecular weight is 445 g/mol. The molecule has 0 spiro atoms. The predicted octanol–water partition coefficient (Wildman–Crippen LogP) is 6.34. The van der Waals surface area contributed by atoms with Gasteiger partial charge in [-0.3, -0.25) is 0 Å². The van der Waals surface area contributed by atoms with E-state index in [1.165, 1.54) is 51.4 Å². The highest BCUT2D eigenvalue weighted by atomic mass is 16.3. The summed E-state index contributed by atoms with van der Waals surface area (Å²) in [6.45, 7) is 9.82. The van der Waals surface area contributed by atoms with E-state index in [1.807, 2.05) is 6.08 Å². The summed E-state index contributed by atoms with van der Waals surface area (Å²) >= 11 is 0. The first-order valence-electron chi connectivity index (χ1n) is 13.3. The molecule has 3 aliphatic carbocycles. The Morgan fingerprint density at radius 2 is 1.88 bits per heavy atom. The molecule has 0 unspecified atom stereocenters. The molecule has 0 amide bonds. The van der Waals surface area contributed by atoms with Crippen LogP contribution >= 0.6 is 0 Å². The molecule has 3 fully saturated rings. The monoisotopic (exact) mass is 444 g/mol. The molecule has 0 aromatic heterocycles. The molecule has 3 saturated carbocycles. The van der Waals surface area contributed by atoms with Crippen molar-refractivity contribution >= 4 is 0 Å². The Balaban J connectivity index is 1.76. The third-order valence-electron chi connectivity index (χ3n) is 8.84. The van der Waals surface area contributed by atoms with Crippen molar-refractivity contribution in [2.45, 2.75) is 111 Å². The number of hydrogen-bond acceptors (Lipinski definition) is 3. The highest BCUT2D eigenvalue weighted by Crippen LogP contribution is 2.60. The first kappa shape index (κ1) is 25.7. The molecule has 0 aliphatic heterocycles. The van der Waals surface area contributed by atoms with Crippen molar-refractivity contribution in [3.05, 3.63) is 34.9 Å². The van der Waals surface area contributed by atoms with Gasteiger partial charge in [0, 0.05) is 13.0 Å². The SMILES string of the molecule is CC(C)CCC[C@@H](C)[C@H]1CC[C@H]2/C(=C/C=C3\C[C@@H](O)C[C@H](O)\C3=C/CCO)CCC[C@]12C. The van der Waals surface area contributed by atoms with E-state index >= 15 is 0 Å². The van der Waals surface area contributed by atoms with Crippen molar-refractivity contribution in [1.29, 1.82) is 0 Å². The van der Waals surface area contributed by atoms with Crippen LogP contribution < -0.4 is 0 Å². The van der Waals surface area contributed by atoms with Crippen LogP contribution in [0.2, 0.25) is 0 Å². The Morgan fingerprint density at radius 3 is 2.59 bits per heavy atom. The lowest BCUT2D eigenvalue weighted by molar-refractivity contribution is 0.0855. The van der Waals surface area contributed by atoms with Crippen molar-refractivity contribution < 1.29 is 15.3 Å². The van der Waals surface area contributed by atoms with Crippen molar-refractivity contribution in [3.63, 3.8) is 0 Å². The summed E-state index contributed by atoms with van der Waals surface area (Å²) in [6.07, 6.45) is 17.4. The van der Waals surface area contributed by atoms with Crippen LogP contribution in [0.1, 0.15) is 98.3 Å². The largest absolute Gasteiger partial charge is 0.396 e. The fourth-order valence-corrected chi connectivity index (χ4v) is 7.18. The molecule has 32 heavy (non-hydrogen) atoms. The standard InChI is InChI=1S/C29H48O3/c1-20(2)8-5-9-21(3)26-14-15-27-22(10-6-16-29(26,27)4)12-13-23-18-24(31)19-28(32)25(23)11-7-17-30/h11-13,20-21,24,26-28,30-32H,5-10,14-19H2,1-4H3/b22-12+,23-13+,25-11-/t21-,24-,26-,27+,28+,29-/m1/s1. The summed E-state index contributed by atoms with van der Waals surface area (Å²) in [5, 5.41) is 29.9. The van der Waals surface area contributed by atoms with Gasteiger partial charge in [0.1, 0.15) is 0 Å². The van der Waals surface area contributed by atoms with Gasteiger partial charge in [0.25, 0.3) is 0 Å². The lowest BCUT2D eigenvalue weighted by Gasteiger charge is -2.44. The zero-order chi connectivity index (χ0) is 23.3. The fourth-order valence-electron chi connectivity index (χ4n) is 7.18. The second-order valence-corrected chi connectivity index (χ2v) is 11.6. The number of fused-ring (bicyclic) bond motifs is 1. The van der Waals surface area contributed by atoms with Gasteiger partial charge in [0.15, 0.2) is 0 Å². The Hall–Kier alpha value is -0.900. The Morgan fingerprint density at radius 1 is 1.09 bits per heavy atom. The predicted molar refractivity (Wildman–Crippen MR) is 133 cm³/mol. The molecule has 0 heterocycles. The highest BCUT2D eigenvalue weighted by Gasteiger charge is 2.50. The number of rotatable bonds is 8. The maximum absolute atomic E-state index is 10.5. The topological polar surface area (TPSA) is 60.7 Å². The van der Waals surface area contributed by atoms with Gasteiger partial charge in [0.05, 0.1) is 12.2 Å². The van der Waals surface area contributed by atoms with E-state index < -0.39 is 12.2 Å². The fraction of sp³-hybridized carbons (Fsp3) is 0.793. The van der Waals surface area contributed by atoms with E-state index in [-0.39, 0.29) is 6.61 Å². The molecular formula is C29H48O3. The van der Waals surface area contributed by atoms with Gasteiger partial charge in [-0.1, -0.05) is 70.8 Å². The van der Waals surface area contributed by atoms with Gasteiger partial charge in [-0.2, -0.15) is 0 Å². The molecule has 0 radical (unpaired) electrons. The number of allylic oxidation sites excluding steroid dienone is 3. The number of hydrogen-bond donors (Lipinski definition) is 3. The van der Waals surface area contributed by atoms with E-state index in [1.54, 1.807) is 5.57 Å². The highest BCUT2D eigenvalue weighted by molar-refractivity contribution is 5.40. The zero-order valence-electron chi connectivity index (χ0n) is 21.0. The second kappa shape index (κ2) is 11.5. The third kappa shape index (κ3) is 5.96. The minimum Gasteiger partial charge on any atom is -0.396 e. The van der Waals surface area contributed by atoms with E-state index in [0.717, 1.165) is 28.9 Å². The van der Waals surface area contributed by atoms with Crippen molar-refractivity contribution in [1.82, 2.24) is 0 Å². The van der Waals surface area contributed by atoms with Crippen LogP contribution in [0.15, 0.2) is 34.9 Å². The van der Waals surface area contributed by atoms with Crippen LogP contribution in [-0.4, -0.2) is 34.1 Å². The minimum atomic E-state index is -0.630. The number of aliphatic hydroxyl groups excluding tert-OH is 3. The average Bonchev–Trinajstić information content (AvgIpc) is 3.08.